The predicted octanol–water partition coefficient (Wildman–Crippen LogP) is 1.56. The Morgan fingerprint density at radius 2 is 2.05 bits per heavy atom. The third-order valence-corrected chi connectivity index (χ3v) is 6.14. The summed E-state index contributed by atoms with van der Waals surface area (Å²) in [7, 11) is 1.72. The van der Waals surface area contributed by atoms with E-state index in [4.69, 9.17) is 11.0 Å². The van der Waals surface area contributed by atoms with Crippen LogP contribution in [0.15, 0.2) is 36.5 Å². The standard InChI is InChI=1S/C25H25N9O3/c1-32-20(14-34-21(35)15-33(25(34)37)19-7-4-5-16(9-19)11-27)10-17-13-29-22(31-23(17)32)24(36)30-18(12-28)6-2-3-8-26/h4-5,7,9-10,13,18H,2-3,6,8,14-15,26H2,1H3,(H,30,36)/t18-/m0/s1. The molecule has 1 atom stereocenters. The summed E-state index contributed by atoms with van der Waals surface area (Å²) in [4.78, 5) is 49.3. The molecule has 12 nitrogen and oxygen atoms in total. The summed E-state index contributed by atoms with van der Waals surface area (Å²) < 4.78 is 1.69. The maximum Gasteiger partial charge on any atom is 0.332 e. The van der Waals surface area contributed by atoms with E-state index in [0.717, 1.165) is 11.3 Å². The molecule has 4 rings (SSSR count). The summed E-state index contributed by atoms with van der Waals surface area (Å²) in [6.07, 6.45) is 3.44. The number of benzene rings is 1. The molecule has 0 unspecified atom stereocenters. The van der Waals surface area contributed by atoms with Crippen LogP contribution in [0.5, 0.6) is 0 Å². The summed E-state index contributed by atoms with van der Waals surface area (Å²) >= 11 is 0. The molecule has 1 aromatic carbocycles. The number of nitrogens with two attached hydrogens (primary N) is 1. The number of carbonyl (C=O) groups excluding carboxylic acids is 3. The Kier molecular flexibility index (Phi) is 7.41. The van der Waals surface area contributed by atoms with Crippen LogP contribution in [-0.2, 0) is 18.4 Å². The van der Waals surface area contributed by atoms with Gasteiger partial charge in [-0.05, 0) is 50.1 Å². The first-order chi connectivity index (χ1) is 17.9. The van der Waals surface area contributed by atoms with Crippen molar-refractivity contribution in [3.63, 3.8) is 0 Å². The molecule has 12 heteroatoms. The van der Waals surface area contributed by atoms with Gasteiger partial charge in [0.2, 0.25) is 5.82 Å². The first kappa shape index (κ1) is 25.3. The van der Waals surface area contributed by atoms with Crippen molar-refractivity contribution < 1.29 is 14.4 Å². The van der Waals surface area contributed by atoms with E-state index < -0.39 is 18.0 Å². The molecule has 1 saturated heterocycles. The molecule has 0 bridgehead atoms. The SMILES string of the molecule is Cn1c(CN2C(=O)CN(c3cccc(C#N)c3)C2=O)cc2cnc(C(=O)N[C@H](C#N)CCCCN)nc21. The van der Waals surface area contributed by atoms with Crippen LogP contribution in [0.4, 0.5) is 10.5 Å². The van der Waals surface area contributed by atoms with Crippen molar-refractivity contribution in [2.75, 3.05) is 18.0 Å². The monoisotopic (exact) mass is 499 g/mol. The summed E-state index contributed by atoms with van der Waals surface area (Å²) in [5.74, 6) is -1.03. The molecule has 3 heterocycles. The fraction of sp³-hybridized carbons (Fsp3) is 0.320. The lowest BCUT2D eigenvalue weighted by atomic mass is 10.1. The number of amides is 4. The van der Waals surface area contributed by atoms with Crippen LogP contribution < -0.4 is 16.0 Å². The second kappa shape index (κ2) is 10.8. The number of nitrogens with zero attached hydrogens (tertiary/aromatic N) is 7. The highest BCUT2D eigenvalue weighted by Crippen LogP contribution is 2.25. The lowest BCUT2D eigenvalue weighted by Crippen LogP contribution is -2.35. The number of fused-ring (bicyclic) bond motifs is 1. The van der Waals surface area contributed by atoms with Crippen molar-refractivity contribution in [3.05, 3.63) is 53.6 Å². The minimum absolute atomic E-state index is 0.00184. The average molecular weight is 500 g/mol. The molecule has 0 spiro atoms. The number of imide groups is 1. The van der Waals surface area contributed by atoms with Crippen molar-refractivity contribution in [1.82, 2.24) is 24.8 Å². The van der Waals surface area contributed by atoms with Gasteiger partial charge in [0.05, 0.1) is 24.2 Å². The highest BCUT2D eigenvalue weighted by atomic mass is 16.2. The highest BCUT2D eigenvalue weighted by molar-refractivity contribution is 6.12. The van der Waals surface area contributed by atoms with E-state index in [2.05, 4.69) is 21.4 Å². The van der Waals surface area contributed by atoms with Gasteiger partial charge in [0.25, 0.3) is 11.8 Å². The van der Waals surface area contributed by atoms with Crippen LogP contribution in [0.2, 0.25) is 0 Å². The van der Waals surface area contributed by atoms with Crippen molar-refractivity contribution in [2.45, 2.75) is 31.8 Å². The molecule has 3 aromatic rings. The van der Waals surface area contributed by atoms with Gasteiger partial charge in [-0.3, -0.25) is 19.4 Å². The van der Waals surface area contributed by atoms with E-state index in [0.29, 0.717) is 47.4 Å². The number of hydrogen-bond donors (Lipinski definition) is 2. The number of aryl methyl sites for hydroxylation is 1. The summed E-state index contributed by atoms with van der Waals surface area (Å²) in [5, 5.41) is 21.7. The second-order valence-electron chi connectivity index (χ2n) is 8.62. The largest absolute Gasteiger partial charge is 0.334 e. The molecular weight excluding hydrogens is 474 g/mol. The number of hydrogen-bond acceptors (Lipinski definition) is 8. The van der Waals surface area contributed by atoms with E-state index in [-0.39, 0.29) is 24.8 Å². The molecule has 3 N–H and O–H groups in total. The Hall–Kier alpha value is -4.81. The van der Waals surface area contributed by atoms with Crippen molar-refractivity contribution in [2.24, 2.45) is 12.8 Å². The molecule has 37 heavy (non-hydrogen) atoms. The number of nitrogens with one attached hydrogen (secondary N) is 1. The normalized spacial score (nSPS) is 14.1. The molecular formula is C25H25N9O3. The van der Waals surface area contributed by atoms with Crippen LogP contribution in [0.3, 0.4) is 0 Å². The first-order valence-corrected chi connectivity index (χ1v) is 11.7. The van der Waals surface area contributed by atoms with Gasteiger partial charge in [-0.15, -0.1) is 0 Å². The van der Waals surface area contributed by atoms with Crippen LogP contribution >= 0.6 is 0 Å². The summed E-state index contributed by atoms with van der Waals surface area (Å²) in [6, 6.07) is 11.2. The Labute approximate surface area is 212 Å². The minimum atomic E-state index is -0.675. The quantitative estimate of drug-likeness (QED) is 0.329. The fourth-order valence-corrected chi connectivity index (χ4v) is 4.11. The van der Waals surface area contributed by atoms with Gasteiger partial charge >= 0.3 is 6.03 Å². The lowest BCUT2D eigenvalue weighted by molar-refractivity contribution is -0.125. The van der Waals surface area contributed by atoms with Gasteiger partial charge in [0.15, 0.2) is 0 Å². The fourth-order valence-electron chi connectivity index (χ4n) is 4.11. The number of anilines is 1. The third kappa shape index (κ3) is 5.24. The zero-order valence-corrected chi connectivity index (χ0v) is 20.2. The van der Waals surface area contributed by atoms with E-state index in [9.17, 15) is 19.6 Å². The topological polar surface area (TPSA) is 174 Å². The van der Waals surface area contributed by atoms with Crippen LogP contribution in [0.1, 0.15) is 41.1 Å². The molecule has 1 aliphatic heterocycles. The van der Waals surface area contributed by atoms with Gasteiger partial charge in [-0.25, -0.2) is 14.8 Å². The number of urea groups is 1. The Bertz CT molecular complexity index is 1450. The van der Waals surface area contributed by atoms with Gasteiger partial charge in [0.1, 0.15) is 18.2 Å². The average Bonchev–Trinajstić information content (AvgIpc) is 3.38. The number of unbranched alkanes of at least 4 members (excludes halogenated alkanes) is 1. The second-order valence-corrected chi connectivity index (χ2v) is 8.62. The maximum absolute atomic E-state index is 13.0. The van der Waals surface area contributed by atoms with Crippen molar-refractivity contribution >= 4 is 34.6 Å². The molecule has 1 aliphatic rings. The van der Waals surface area contributed by atoms with Gasteiger partial charge in [-0.2, -0.15) is 10.5 Å². The summed E-state index contributed by atoms with van der Waals surface area (Å²) in [6.45, 7) is 0.383. The van der Waals surface area contributed by atoms with Gasteiger partial charge in [0, 0.05) is 30.0 Å². The number of aromatic nitrogens is 3. The molecule has 0 aliphatic carbocycles. The maximum atomic E-state index is 13.0. The van der Waals surface area contributed by atoms with E-state index >= 15 is 0 Å². The van der Waals surface area contributed by atoms with E-state index in [1.54, 1.807) is 41.9 Å². The predicted molar refractivity (Wildman–Crippen MR) is 133 cm³/mol. The molecule has 1 fully saturated rings. The van der Waals surface area contributed by atoms with E-state index in [1.165, 1.54) is 11.1 Å². The smallest absolute Gasteiger partial charge is 0.332 e. The lowest BCUT2D eigenvalue weighted by Gasteiger charge is -2.17. The number of rotatable bonds is 9. The third-order valence-electron chi connectivity index (χ3n) is 6.14. The van der Waals surface area contributed by atoms with Crippen LogP contribution in [0, 0.1) is 22.7 Å². The first-order valence-electron chi connectivity index (χ1n) is 11.7. The molecule has 4 amide bonds. The van der Waals surface area contributed by atoms with Gasteiger partial charge in [-0.1, -0.05) is 6.07 Å². The molecule has 188 valence electrons. The molecule has 2 aromatic heterocycles. The Morgan fingerprint density at radius 1 is 1.24 bits per heavy atom. The van der Waals surface area contributed by atoms with Crippen LogP contribution in [-0.4, -0.2) is 56.4 Å². The number of nitriles is 2. The molecule has 0 saturated carbocycles. The Balaban J connectivity index is 1.51. The molecule has 0 radical (unpaired) electrons. The highest BCUT2D eigenvalue weighted by Gasteiger charge is 2.37. The van der Waals surface area contributed by atoms with Crippen molar-refractivity contribution in [3.8, 4) is 12.1 Å². The van der Waals surface area contributed by atoms with Crippen molar-refractivity contribution in [1.29, 1.82) is 10.5 Å². The zero-order valence-electron chi connectivity index (χ0n) is 20.2. The Morgan fingerprint density at radius 3 is 2.78 bits per heavy atom. The minimum Gasteiger partial charge on any atom is -0.334 e. The zero-order chi connectivity index (χ0) is 26.5. The summed E-state index contributed by atoms with van der Waals surface area (Å²) in [5.41, 5.74) is 7.41. The van der Waals surface area contributed by atoms with E-state index in [1.807, 2.05) is 6.07 Å². The van der Waals surface area contributed by atoms with Crippen LogP contribution in [0.25, 0.3) is 11.0 Å². The van der Waals surface area contributed by atoms with Gasteiger partial charge < -0.3 is 15.6 Å². The number of carbonyl (C=O) groups is 3.